The van der Waals surface area contributed by atoms with E-state index in [1.807, 2.05) is 52.8 Å². The maximum Gasteiger partial charge on any atom is 0.419 e. The molecule has 0 bridgehead atoms. The molecule has 0 saturated carbocycles. The molecule has 134 valence electrons. The average Bonchev–Trinajstić information content (AvgIpc) is 2.75. The first-order valence-corrected chi connectivity index (χ1v) is 8.34. The van der Waals surface area contributed by atoms with Crippen molar-refractivity contribution in [2.24, 2.45) is 0 Å². The van der Waals surface area contributed by atoms with E-state index in [9.17, 15) is 9.59 Å². The second-order valence-corrected chi connectivity index (χ2v) is 6.92. The van der Waals surface area contributed by atoms with Crippen LogP contribution in [0.2, 0.25) is 0 Å². The van der Waals surface area contributed by atoms with Gasteiger partial charge in [0.1, 0.15) is 5.60 Å². The lowest BCUT2D eigenvalue weighted by molar-refractivity contribution is -0.137. The van der Waals surface area contributed by atoms with Crippen molar-refractivity contribution in [2.75, 3.05) is 6.61 Å². The Bertz CT molecular complexity index is 837. The van der Waals surface area contributed by atoms with Crippen LogP contribution < -0.4 is 0 Å². The van der Waals surface area contributed by atoms with Crippen molar-refractivity contribution >= 4 is 29.0 Å². The molecule has 0 fully saturated rings. The number of aryl methyl sites for hydroxylation is 1. The van der Waals surface area contributed by atoms with Gasteiger partial charge in [-0.15, -0.1) is 0 Å². The fourth-order valence-electron chi connectivity index (χ4n) is 2.65. The number of nitrogens with zero attached hydrogens (tertiary/aromatic N) is 1. The zero-order chi connectivity index (χ0) is 18.8. The van der Waals surface area contributed by atoms with Crippen molar-refractivity contribution in [3.63, 3.8) is 0 Å². The fraction of sp³-hybridized carbons (Fsp3) is 0.400. The molecule has 0 spiro atoms. The van der Waals surface area contributed by atoms with E-state index in [0.29, 0.717) is 6.61 Å². The number of fused-ring (bicyclic) bond motifs is 1. The van der Waals surface area contributed by atoms with Gasteiger partial charge in [-0.25, -0.2) is 14.2 Å². The Kier molecular flexibility index (Phi) is 5.36. The maximum atomic E-state index is 12.7. The first kappa shape index (κ1) is 18.8. The van der Waals surface area contributed by atoms with Crippen LogP contribution in [0.3, 0.4) is 0 Å². The summed E-state index contributed by atoms with van der Waals surface area (Å²) in [6, 6.07) is 5.83. The van der Waals surface area contributed by atoms with Crippen molar-refractivity contribution in [3.8, 4) is 0 Å². The smallest absolute Gasteiger partial charge is 0.419 e. The van der Waals surface area contributed by atoms with Crippen LogP contribution >= 0.6 is 0 Å². The Morgan fingerprint density at radius 2 is 1.88 bits per heavy atom. The average molecular weight is 343 g/mol. The van der Waals surface area contributed by atoms with Crippen LogP contribution in [0.1, 0.15) is 44.5 Å². The van der Waals surface area contributed by atoms with Crippen LogP contribution in [0.4, 0.5) is 4.79 Å². The third kappa shape index (κ3) is 4.29. The first-order valence-electron chi connectivity index (χ1n) is 8.34. The molecule has 5 heteroatoms. The molecule has 2 rings (SSSR count). The second-order valence-electron chi connectivity index (χ2n) is 6.92. The summed E-state index contributed by atoms with van der Waals surface area (Å²) < 4.78 is 12.0. The Balaban J connectivity index is 2.59. The lowest BCUT2D eigenvalue weighted by atomic mass is 10.1. The van der Waals surface area contributed by atoms with Gasteiger partial charge < -0.3 is 9.47 Å². The predicted molar refractivity (Wildman–Crippen MR) is 98.7 cm³/mol. The molecule has 0 amide bonds. The van der Waals surface area contributed by atoms with Gasteiger partial charge in [0.15, 0.2) is 0 Å². The number of esters is 1. The van der Waals surface area contributed by atoms with E-state index in [4.69, 9.17) is 9.47 Å². The second kappa shape index (κ2) is 7.13. The third-order valence-electron chi connectivity index (χ3n) is 3.66. The summed E-state index contributed by atoms with van der Waals surface area (Å²) >= 11 is 0. The summed E-state index contributed by atoms with van der Waals surface area (Å²) in [5.41, 5.74) is 2.75. The first-order chi connectivity index (χ1) is 11.6. The quantitative estimate of drug-likeness (QED) is 0.603. The van der Waals surface area contributed by atoms with Crippen molar-refractivity contribution in [2.45, 2.75) is 47.1 Å². The molecule has 0 unspecified atom stereocenters. The molecule has 0 aliphatic carbocycles. The minimum Gasteiger partial charge on any atom is -0.463 e. The summed E-state index contributed by atoms with van der Waals surface area (Å²) in [5.74, 6) is -0.410. The summed E-state index contributed by atoms with van der Waals surface area (Å²) in [4.78, 5) is 24.3. The molecule has 1 aromatic carbocycles. The van der Waals surface area contributed by atoms with E-state index in [1.165, 1.54) is 6.08 Å². The Labute approximate surface area is 148 Å². The largest absolute Gasteiger partial charge is 0.463 e. The molecule has 2 aromatic rings. The van der Waals surface area contributed by atoms with E-state index >= 15 is 0 Å². The Morgan fingerprint density at radius 3 is 2.48 bits per heavy atom. The molecule has 0 aliphatic rings. The number of hydrogen-bond donors (Lipinski definition) is 0. The van der Waals surface area contributed by atoms with Gasteiger partial charge in [-0.1, -0.05) is 11.6 Å². The van der Waals surface area contributed by atoms with Crippen LogP contribution in [0.25, 0.3) is 17.0 Å². The topological polar surface area (TPSA) is 57.5 Å². The molecule has 0 aliphatic heterocycles. The van der Waals surface area contributed by atoms with Crippen LogP contribution in [0, 0.1) is 13.8 Å². The SMILES string of the molecule is CCOC(=O)/C=C/c1c(C)n(C(=O)OC(C)(C)C)c2ccc(C)cc12. The highest BCUT2D eigenvalue weighted by atomic mass is 16.6. The van der Waals surface area contributed by atoms with Crippen LogP contribution in [0.5, 0.6) is 0 Å². The van der Waals surface area contributed by atoms with E-state index < -0.39 is 17.7 Å². The lowest BCUT2D eigenvalue weighted by Crippen LogP contribution is -2.27. The molecule has 0 saturated heterocycles. The van der Waals surface area contributed by atoms with Gasteiger partial charge in [-0.2, -0.15) is 0 Å². The molecule has 1 heterocycles. The standard InChI is InChI=1S/C20H25NO4/c1-7-24-18(22)11-9-15-14(3)21(19(23)25-20(4,5)6)17-10-8-13(2)12-16(15)17/h8-12H,7H2,1-6H3/b11-9+. The summed E-state index contributed by atoms with van der Waals surface area (Å²) in [5, 5.41) is 0.893. The van der Waals surface area contributed by atoms with Gasteiger partial charge in [0.2, 0.25) is 0 Å². The highest BCUT2D eigenvalue weighted by Crippen LogP contribution is 2.29. The van der Waals surface area contributed by atoms with E-state index in [-0.39, 0.29) is 0 Å². The molecular weight excluding hydrogens is 318 g/mol. The maximum absolute atomic E-state index is 12.7. The van der Waals surface area contributed by atoms with E-state index in [1.54, 1.807) is 17.6 Å². The Morgan fingerprint density at radius 1 is 1.20 bits per heavy atom. The number of carbonyl (C=O) groups excluding carboxylic acids is 2. The van der Waals surface area contributed by atoms with Gasteiger partial charge in [-0.05, 0) is 59.8 Å². The van der Waals surface area contributed by atoms with Gasteiger partial charge >= 0.3 is 12.1 Å². The van der Waals surface area contributed by atoms with Gasteiger partial charge in [0.25, 0.3) is 0 Å². The number of aromatic nitrogens is 1. The minimum absolute atomic E-state index is 0.320. The molecule has 0 atom stereocenters. The number of benzene rings is 1. The van der Waals surface area contributed by atoms with E-state index in [2.05, 4.69) is 0 Å². The number of hydrogen-bond acceptors (Lipinski definition) is 4. The summed E-state index contributed by atoms with van der Waals surface area (Å²) in [7, 11) is 0. The van der Waals surface area contributed by atoms with Gasteiger partial charge in [0, 0.05) is 22.7 Å². The monoisotopic (exact) mass is 343 g/mol. The molecule has 25 heavy (non-hydrogen) atoms. The van der Waals surface area contributed by atoms with Gasteiger partial charge in [-0.3, -0.25) is 0 Å². The number of carbonyl (C=O) groups is 2. The lowest BCUT2D eigenvalue weighted by Gasteiger charge is -2.20. The molecule has 5 nitrogen and oxygen atoms in total. The minimum atomic E-state index is -0.592. The molecule has 1 aromatic heterocycles. The summed E-state index contributed by atoms with van der Waals surface area (Å²) in [6.45, 7) is 11.4. The van der Waals surface area contributed by atoms with Crippen LogP contribution in [-0.4, -0.2) is 28.8 Å². The van der Waals surface area contributed by atoms with E-state index in [0.717, 1.165) is 27.7 Å². The molecule has 0 N–H and O–H groups in total. The van der Waals surface area contributed by atoms with Crippen LogP contribution in [0.15, 0.2) is 24.3 Å². The zero-order valence-electron chi connectivity index (χ0n) is 15.7. The van der Waals surface area contributed by atoms with Crippen molar-refractivity contribution in [3.05, 3.63) is 41.1 Å². The number of ether oxygens (including phenoxy) is 2. The fourth-order valence-corrected chi connectivity index (χ4v) is 2.65. The van der Waals surface area contributed by atoms with Crippen LogP contribution in [-0.2, 0) is 14.3 Å². The predicted octanol–water partition coefficient (Wildman–Crippen LogP) is 4.62. The van der Waals surface area contributed by atoms with Crippen molar-refractivity contribution < 1.29 is 19.1 Å². The normalized spacial score (nSPS) is 11.9. The number of rotatable bonds is 3. The molecular formula is C20H25NO4. The summed E-state index contributed by atoms with van der Waals surface area (Å²) in [6.07, 6.45) is 2.64. The van der Waals surface area contributed by atoms with Crippen molar-refractivity contribution in [1.82, 2.24) is 4.57 Å². The zero-order valence-corrected chi connectivity index (χ0v) is 15.7. The third-order valence-corrected chi connectivity index (χ3v) is 3.66. The molecule has 0 radical (unpaired) electrons. The van der Waals surface area contributed by atoms with Crippen molar-refractivity contribution in [1.29, 1.82) is 0 Å². The van der Waals surface area contributed by atoms with Gasteiger partial charge in [0.05, 0.1) is 12.1 Å². The highest BCUT2D eigenvalue weighted by Gasteiger charge is 2.23. The Hall–Kier alpha value is -2.56. The highest BCUT2D eigenvalue weighted by molar-refractivity contribution is 6.00.